The monoisotopic (exact) mass is 388 g/mol. The van der Waals surface area contributed by atoms with Crippen molar-refractivity contribution in [2.45, 2.75) is 0 Å². The van der Waals surface area contributed by atoms with Gasteiger partial charge >= 0.3 is 0 Å². The molecule has 4 heterocycles. The van der Waals surface area contributed by atoms with Gasteiger partial charge in [0.25, 0.3) is 0 Å². The molecule has 24 heavy (non-hydrogen) atoms. The highest BCUT2D eigenvalue weighted by Gasteiger charge is 2.21. The van der Waals surface area contributed by atoms with E-state index in [4.69, 9.17) is 5.73 Å². The zero-order chi connectivity index (χ0) is 16.7. The third-order valence-electron chi connectivity index (χ3n) is 4.21. The Bertz CT molecular complexity index is 867. The van der Waals surface area contributed by atoms with Gasteiger partial charge in [-0.1, -0.05) is 0 Å². The van der Waals surface area contributed by atoms with Crippen molar-refractivity contribution >= 4 is 44.5 Å². The summed E-state index contributed by atoms with van der Waals surface area (Å²) in [7, 11) is 1.86. The number of hydrogen-bond donors (Lipinski definition) is 1. The van der Waals surface area contributed by atoms with E-state index in [1.165, 1.54) is 0 Å². The van der Waals surface area contributed by atoms with Crippen molar-refractivity contribution in [3.05, 3.63) is 29.0 Å². The lowest BCUT2D eigenvalue weighted by atomic mass is 10.3. The number of piperazine rings is 1. The number of aromatic nitrogens is 5. The van der Waals surface area contributed by atoms with Crippen molar-refractivity contribution in [3.8, 4) is 0 Å². The Morgan fingerprint density at radius 2 is 1.79 bits per heavy atom. The van der Waals surface area contributed by atoms with E-state index in [2.05, 4.69) is 45.8 Å². The van der Waals surface area contributed by atoms with Crippen LogP contribution in [0.1, 0.15) is 0 Å². The van der Waals surface area contributed by atoms with E-state index >= 15 is 0 Å². The molecule has 1 aliphatic rings. The predicted molar refractivity (Wildman–Crippen MR) is 97.1 cm³/mol. The Morgan fingerprint density at radius 3 is 2.50 bits per heavy atom. The highest BCUT2D eigenvalue weighted by molar-refractivity contribution is 9.10. The van der Waals surface area contributed by atoms with Gasteiger partial charge in [-0.3, -0.25) is 4.68 Å². The molecule has 1 aliphatic heterocycles. The van der Waals surface area contributed by atoms with E-state index in [-0.39, 0.29) is 0 Å². The van der Waals surface area contributed by atoms with Crippen LogP contribution in [0.3, 0.4) is 0 Å². The highest BCUT2D eigenvalue weighted by atomic mass is 79.9. The molecule has 0 unspecified atom stereocenters. The summed E-state index contributed by atoms with van der Waals surface area (Å²) in [4.78, 5) is 17.9. The van der Waals surface area contributed by atoms with Crippen LogP contribution in [-0.2, 0) is 7.05 Å². The van der Waals surface area contributed by atoms with Crippen LogP contribution in [0.5, 0.6) is 0 Å². The minimum atomic E-state index is 0.472. The van der Waals surface area contributed by atoms with Crippen molar-refractivity contribution in [1.82, 2.24) is 24.7 Å². The molecule has 124 valence electrons. The van der Waals surface area contributed by atoms with Crippen LogP contribution in [0.25, 0.3) is 11.0 Å². The van der Waals surface area contributed by atoms with E-state index < -0.39 is 0 Å². The van der Waals surface area contributed by atoms with Crippen LogP contribution in [-0.4, -0.2) is 50.9 Å². The summed E-state index contributed by atoms with van der Waals surface area (Å²) in [6.07, 6.45) is 3.52. The maximum absolute atomic E-state index is 6.05. The lowest BCUT2D eigenvalue weighted by Crippen LogP contribution is -2.47. The summed E-state index contributed by atoms with van der Waals surface area (Å²) in [6, 6.07) is 4.03. The minimum Gasteiger partial charge on any atom is -0.383 e. The van der Waals surface area contributed by atoms with Gasteiger partial charge in [-0.2, -0.15) is 15.1 Å². The summed E-state index contributed by atoms with van der Waals surface area (Å²) < 4.78 is 2.71. The Morgan fingerprint density at radius 1 is 1.04 bits per heavy atom. The summed E-state index contributed by atoms with van der Waals surface area (Å²) >= 11 is 3.41. The topological polar surface area (TPSA) is 89.0 Å². The molecule has 0 saturated carbocycles. The van der Waals surface area contributed by atoms with Crippen molar-refractivity contribution in [1.29, 1.82) is 0 Å². The van der Waals surface area contributed by atoms with Gasteiger partial charge in [-0.25, -0.2) is 4.98 Å². The summed E-state index contributed by atoms with van der Waals surface area (Å²) in [5, 5.41) is 4.99. The van der Waals surface area contributed by atoms with Gasteiger partial charge in [-0.05, 0) is 28.1 Å². The first-order valence-corrected chi connectivity index (χ1v) is 8.48. The number of hydrogen-bond acceptors (Lipinski definition) is 7. The normalized spacial score (nSPS) is 15.2. The number of aryl methyl sites for hydroxylation is 1. The maximum atomic E-state index is 6.05. The van der Waals surface area contributed by atoms with Gasteiger partial charge in [-0.15, -0.1) is 0 Å². The number of rotatable bonds is 2. The molecule has 0 atom stereocenters. The lowest BCUT2D eigenvalue weighted by molar-refractivity contribution is 0.635. The number of nitrogens with zero attached hydrogens (tertiary/aromatic N) is 7. The number of anilines is 3. The van der Waals surface area contributed by atoms with Crippen LogP contribution in [0.2, 0.25) is 0 Å². The fourth-order valence-corrected chi connectivity index (χ4v) is 3.10. The third-order valence-corrected chi connectivity index (χ3v) is 4.68. The average molecular weight is 389 g/mol. The van der Waals surface area contributed by atoms with Crippen molar-refractivity contribution < 1.29 is 0 Å². The summed E-state index contributed by atoms with van der Waals surface area (Å²) in [6.45, 7) is 3.36. The number of fused-ring (bicyclic) bond motifs is 1. The number of pyridine rings is 1. The first-order valence-electron chi connectivity index (χ1n) is 7.68. The molecule has 0 bridgehead atoms. The zero-order valence-corrected chi connectivity index (χ0v) is 14.8. The molecular formula is C15H17BrN8. The smallest absolute Gasteiger partial charge is 0.229 e. The number of halogens is 1. The van der Waals surface area contributed by atoms with E-state index in [1.807, 2.05) is 25.4 Å². The SMILES string of the molecule is Cn1ncc2c(N)nc(N3CCN(c4ccc(Br)cn4)CC3)nc21. The standard InChI is InChI=1S/C15H17BrN8/c1-22-14-11(9-19-22)13(17)20-15(21-14)24-6-4-23(5-7-24)12-3-2-10(16)8-18-12/h2-3,8-9H,4-7H2,1H3,(H2,17,20,21). The lowest BCUT2D eigenvalue weighted by Gasteiger charge is -2.35. The first-order chi connectivity index (χ1) is 11.6. The van der Waals surface area contributed by atoms with Crippen LogP contribution in [0.4, 0.5) is 17.6 Å². The molecule has 3 aromatic rings. The first kappa shape index (κ1) is 15.1. The van der Waals surface area contributed by atoms with Crippen molar-refractivity contribution in [3.63, 3.8) is 0 Å². The molecule has 0 amide bonds. The van der Waals surface area contributed by atoms with E-state index in [0.717, 1.165) is 47.5 Å². The molecule has 0 aromatic carbocycles. The molecule has 0 aliphatic carbocycles. The van der Waals surface area contributed by atoms with Crippen LogP contribution >= 0.6 is 15.9 Å². The Labute approximate surface area is 147 Å². The molecule has 3 aromatic heterocycles. The fourth-order valence-electron chi connectivity index (χ4n) is 2.86. The van der Waals surface area contributed by atoms with Gasteiger partial charge in [0, 0.05) is 43.9 Å². The molecule has 0 spiro atoms. The van der Waals surface area contributed by atoms with Gasteiger partial charge in [0.2, 0.25) is 5.95 Å². The predicted octanol–water partition coefficient (Wildman–Crippen LogP) is 1.43. The molecule has 4 rings (SSSR count). The van der Waals surface area contributed by atoms with Gasteiger partial charge in [0.15, 0.2) is 5.65 Å². The Hall–Kier alpha value is -2.42. The fraction of sp³-hybridized carbons (Fsp3) is 0.333. The molecular weight excluding hydrogens is 372 g/mol. The molecule has 0 radical (unpaired) electrons. The summed E-state index contributed by atoms with van der Waals surface area (Å²) in [5.41, 5.74) is 6.81. The average Bonchev–Trinajstić information content (AvgIpc) is 2.98. The summed E-state index contributed by atoms with van der Waals surface area (Å²) in [5.74, 6) is 2.12. The Kier molecular flexibility index (Phi) is 3.72. The van der Waals surface area contributed by atoms with Crippen LogP contribution in [0, 0.1) is 0 Å². The second kappa shape index (κ2) is 5.90. The molecule has 1 fully saturated rings. The molecule has 8 nitrogen and oxygen atoms in total. The second-order valence-electron chi connectivity index (χ2n) is 5.72. The van der Waals surface area contributed by atoms with E-state index in [9.17, 15) is 0 Å². The second-order valence-corrected chi connectivity index (χ2v) is 6.64. The largest absolute Gasteiger partial charge is 0.383 e. The van der Waals surface area contributed by atoms with Gasteiger partial charge in [0.05, 0.1) is 11.6 Å². The quantitative estimate of drug-likeness (QED) is 0.709. The van der Waals surface area contributed by atoms with E-state index in [0.29, 0.717) is 11.8 Å². The van der Waals surface area contributed by atoms with Gasteiger partial charge in [0.1, 0.15) is 11.6 Å². The zero-order valence-electron chi connectivity index (χ0n) is 13.2. The number of nitrogens with two attached hydrogens (primary N) is 1. The van der Waals surface area contributed by atoms with Crippen LogP contribution in [0.15, 0.2) is 29.0 Å². The maximum Gasteiger partial charge on any atom is 0.229 e. The molecule has 2 N–H and O–H groups in total. The Balaban J connectivity index is 1.53. The highest BCUT2D eigenvalue weighted by Crippen LogP contribution is 2.22. The minimum absolute atomic E-state index is 0.472. The van der Waals surface area contributed by atoms with E-state index in [1.54, 1.807) is 10.9 Å². The van der Waals surface area contributed by atoms with Gasteiger partial charge < -0.3 is 15.5 Å². The molecule has 9 heteroatoms. The molecule has 1 saturated heterocycles. The van der Waals surface area contributed by atoms with Crippen LogP contribution < -0.4 is 15.5 Å². The third kappa shape index (κ3) is 2.64. The van der Waals surface area contributed by atoms with Crippen molar-refractivity contribution in [2.75, 3.05) is 41.7 Å². The van der Waals surface area contributed by atoms with Crippen molar-refractivity contribution in [2.24, 2.45) is 7.05 Å². The number of nitrogen functional groups attached to an aromatic ring is 1.